The lowest BCUT2D eigenvalue weighted by Gasteiger charge is -2.34. The summed E-state index contributed by atoms with van der Waals surface area (Å²) in [7, 11) is 1.16. The number of ether oxygens (including phenoxy) is 1. The summed E-state index contributed by atoms with van der Waals surface area (Å²) in [5, 5.41) is 0. The summed E-state index contributed by atoms with van der Waals surface area (Å²) >= 11 is 0. The normalized spacial score (nSPS) is 26.2. The number of halogens is 4. The van der Waals surface area contributed by atoms with Gasteiger partial charge in [-0.15, -0.1) is 0 Å². The van der Waals surface area contributed by atoms with Crippen molar-refractivity contribution in [3.63, 3.8) is 0 Å². The van der Waals surface area contributed by atoms with Gasteiger partial charge in [-0.25, -0.2) is 4.39 Å². The van der Waals surface area contributed by atoms with Crippen molar-refractivity contribution in [1.82, 2.24) is 4.90 Å². The van der Waals surface area contributed by atoms with E-state index in [2.05, 4.69) is 4.74 Å². The fourth-order valence-corrected chi connectivity index (χ4v) is 3.04. The van der Waals surface area contributed by atoms with E-state index in [1.54, 1.807) is 0 Å². The standard InChI is InChI=1S/C15H13F4NO3/c1-23-12(21)6-20-7-14(5-11(14)16)10-4-8(15(17,18)19)2-3-9(10)13(20)22/h2-4,11H,5-7H2,1H3/t11-,14-/m0/s1. The Kier molecular flexibility index (Phi) is 3.38. The van der Waals surface area contributed by atoms with Crippen LogP contribution in [0.1, 0.15) is 27.9 Å². The fourth-order valence-electron chi connectivity index (χ4n) is 3.04. The zero-order chi connectivity index (χ0) is 17.0. The van der Waals surface area contributed by atoms with Crippen LogP contribution in [0.3, 0.4) is 0 Å². The predicted molar refractivity (Wildman–Crippen MR) is 70.6 cm³/mol. The molecule has 0 saturated heterocycles. The summed E-state index contributed by atoms with van der Waals surface area (Å²) in [6.07, 6.45) is -5.87. The van der Waals surface area contributed by atoms with Crippen molar-refractivity contribution in [2.75, 3.05) is 20.2 Å². The van der Waals surface area contributed by atoms with Gasteiger partial charge in [0.05, 0.1) is 12.7 Å². The number of carbonyl (C=O) groups is 2. The third-order valence-electron chi connectivity index (χ3n) is 4.40. The first-order valence-corrected chi connectivity index (χ1v) is 6.91. The highest BCUT2D eigenvalue weighted by Gasteiger charge is 2.61. The molecule has 1 spiro atoms. The summed E-state index contributed by atoms with van der Waals surface area (Å²) in [6, 6.07) is 2.70. The predicted octanol–water partition coefficient (Wildman–Crippen LogP) is 2.31. The number of amides is 1. The largest absolute Gasteiger partial charge is 0.468 e. The van der Waals surface area contributed by atoms with Gasteiger partial charge < -0.3 is 9.64 Å². The maximum Gasteiger partial charge on any atom is 0.416 e. The number of alkyl halides is 4. The van der Waals surface area contributed by atoms with Crippen LogP contribution in [0, 0.1) is 0 Å². The first-order chi connectivity index (χ1) is 10.7. The molecule has 2 atom stereocenters. The number of hydrogen-bond donors (Lipinski definition) is 0. The third-order valence-corrected chi connectivity index (χ3v) is 4.40. The Bertz CT molecular complexity index is 688. The Morgan fingerprint density at radius 3 is 2.61 bits per heavy atom. The van der Waals surface area contributed by atoms with E-state index in [9.17, 15) is 27.2 Å². The molecule has 1 aliphatic heterocycles. The van der Waals surface area contributed by atoms with Gasteiger partial charge in [-0.05, 0) is 30.2 Å². The molecule has 1 saturated carbocycles. The number of benzene rings is 1. The lowest BCUT2D eigenvalue weighted by molar-refractivity contribution is -0.141. The molecule has 2 aliphatic rings. The summed E-state index contributed by atoms with van der Waals surface area (Å²) in [5.74, 6) is -1.26. The summed E-state index contributed by atoms with van der Waals surface area (Å²) < 4.78 is 57.0. The second-order valence-electron chi connectivity index (χ2n) is 5.82. The Hall–Kier alpha value is -2.12. The Labute approximate surface area is 129 Å². The molecule has 4 nitrogen and oxygen atoms in total. The van der Waals surface area contributed by atoms with Gasteiger partial charge in [-0.3, -0.25) is 9.59 Å². The average molecular weight is 331 g/mol. The van der Waals surface area contributed by atoms with Gasteiger partial charge in [0.25, 0.3) is 5.91 Å². The van der Waals surface area contributed by atoms with Gasteiger partial charge in [0.1, 0.15) is 12.7 Å². The average Bonchev–Trinajstić information content (AvgIpc) is 3.13. The molecule has 1 aliphatic carbocycles. The van der Waals surface area contributed by atoms with Gasteiger partial charge in [0.15, 0.2) is 0 Å². The molecule has 8 heteroatoms. The molecule has 1 amide bonds. The number of methoxy groups -OCH3 is 1. The molecule has 3 rings (SSSR count). The van der Waals surface area contributed by atoms with E-state index in [0.717, 1.165) is 30.2 Å². The number of hydrogen-bond acceptors (Lipinski definition) is 3. The van der Waals surface area contributed by atoms with E-state index < -0.39 is 35.2 Å². The van der Waals surface area contributed by atoms with E-state index in [4.69, 9.17) is 0 Å². The van der Waals surface area contributed by atoms with Crippen LogP contribution in [0.4, 0.5) is 17.6 Å². The molecular formula is C15H13F4NO3. The number of rotatable bonds is 2. The minimum absolute atomic E-state index is 0.00769. The zero-order valence-corrected chi connectivity index (χ0v) is 12.1. The van der Waals surface area contributed by atoms with Gasteiger partial charge in [-0.1, -0.05) is 0 Å². The fraction of sp³-hybridized carbons (Fsp3) is 0.467. The molecule has 1 aromatic carbocycles. The molecule has 1 aromatic rings. The minimum atomic E-state index is -4.57. The number of carbonyl (C=O) groups excluding carboxylic acids is 2. The number of esters is 1. The number of nitrogens with zero attached hydrogens (tertiary/aromatic N) is 1. The number of fused-ring (bicyclic) bond motifs is 2. The lowest BCUT2D eigenvalue weighted by atomic mass is 9.85. The van der Waals surface area contributed by atoms with Crippen LogP contribution in [0.2, 0.25) is 0 Å². The first-order valence-electron chi connectivity index (χ1n) is 6.91. The van der Waals surface area contributed by atoms with Gasteiger partial charge in [0, 0.05) is 17.5 Å². The van der Waals surface area contributed by atoms with Crippen molar-refractivity contribution in [3.05, 3.63) is 34.9 Å². The quantitative estimate of drug-likeness (QED) is 0.617. The second-order valence-corrected chi connectivity index (χ2v) is 5.82. The van der Waals surface area contributed by atoms with Gasteiger partial charge in [-0.2, -0.15) is 13.2 Å². The van der Waals surface area contributed by atoms with Crippen molar-refractivity contribution in [1.29, 1.82) is 0 Å². The summed E-state index contributed by atoms with van der Waals surface area (Å²) in [5.41, 5.74) is -1.98. The van der Waals surface area contributed by atoms with Crippen molar-refractivity contribution in [2.45, 2.75) is 24.2 Å². The van der Waals surface area contributed by atoms with Crippen molar-refractivity contribution < 1.29 is 31.9 Å². The van der Waals surface area contributed by atoms with Crippen LogP contribution in [-0.2, 0) is 21.1 Å². The summed E-state index contributed by atoms with van der Waals surface area (Å²) in [6.45, 7) is -0.485. The second kappa shape index (κ2) is 4.94. The highest BCUT2D eigenvalue weighted by atomic mass is 19.4. The van der Waals surface area contributed by atoms with Crippen LogP contribution < -0.4 is 0 Å². The first kappa shape index (κ1) is 15.8. The molecule has 0 aromatic heterocycles. The van der Waals surface area contributed by atoms with E-state index >= 15 is 0 Å². The van der Waals surface area contributed by atoms with E-state index in [1.165, 1.54) is 0 Å². The highest BCUT2D eigenvalue weighted by molar-refractivity contribution is 5.99. The van der Waals surface area contributed by atoms with Crippen LogP contribution in [0.5, 0.6) is 0 Å². The van der Waals surface area contributed by atoms with Gasteiger partial charge in [0.2, 0.25) is 0 Å². The topological polar surface area (TPSA) is 46.6 Å². The molecule has 1 fully saturated rings. The van der Waals surface area contributed by atoms with E-state index in [-0.39, 0.29) is 30.6 Å². The molecule has 0 bridgehead atoms. The van der Waals surface area contributed by atoms with E-state index in [1.807, 2.05) is 0 Å². The van der Waals surface area contributed by atoms with Crippen molar-refractivity contribution >= 4 is 11.9 Å². The Morgan fingerprint density at radius 2 is 2.09 bits per heavy atom. The molecule has 23 heavy (non-hydrogen) atoms. The third kappa shape index (κ3) is 2.46. The maximum atomic E-state index is 13.9. The van der Waals surface area contributed by atoms with Crippen molar-refractivity contribution in [3.8, 4) is 0 Å². The van der Waals surface area contributed by atoms with E-state index in [0.29, 0.717) is 0 Å². The zero-order valence-electron chi connectivity index (χ0n) is 12.1. The Morgan fingerprint density at radius 1 is 1.43 bits per heavy atom. The summed E-state index contributed by atoms with van der Waals surface area (Å²) in [4.78, 5) is 24.9. The SMILES string of the molecule is COC(=O)CN1C[C@@]2(C[C@@H]2F)c2cc(C(F)(F)F)ccc2C1=O. The van der Waals surface area contributed by atoms with Gasteiger partial charge >= 0.3 is 12.1 Å². The maximum absolute atomic E-state index is 13.9. The molecular weight excluding hydrogens is 318 g/mol. The van der Waals surface area contributed by atoms with Crippen LogP contribution in [0.15, 0.2) is 18.2 Å². The highest BCUT2D eigenvalue weighted by Crippen LogP contribution is 2.55. The molecule has 1 heterocycles. The lowest BCUT2D eigenvalue weighted by Crippen LogP contribution is -2.47. The molecule has 124 valence electrons. The van der Waals surface area contributed by atoms with Crippen LogP contribution >= 0.6 is 0 Å². The molecule has 0 radical (unpaired) electrons. The Balaban J connectivity index is 2.03. The molecule has 0 unspecified atom stereocenters. The smallest absolute Gasteiger partial charge is 0.416 e. The van der Waals surface area contributed by atoms with Crippen LogP contribution in [-0.4, -0.2) is 43.1 Å². The minimum Gasteiger partial charge on any atom is -0.468 e. The van der Waals surface area contributed by atoms with Crippen molar-refractivity contribution in [2.24, 2.45) is 0 Å². The molecule has 0 N–H and O–H groups in total. The van der Waals surface area contributed by atoms with Crippen LogP contribution in [0.25, 0.3) is 0 Å². The monoisotopic (exact) mass is 331 g/mol.